The zero-order valence-electron chi connectivity index (χ0n) is 20.6. The maximum atomic E-state index is 13.5. The molecule has 2 atom stereocenters. The molecule has 1 aromatic carbocycles. The number of pyridine rings is 1. The van der Waals surface area contributed by atoms with Crippen molar-refractivity contribution in [2.75, 3.05) is 31.5 Å². The van der Waals surface area contributed by atoms with Crippen molar-refractivity contribution < 1.29 is 9.59 Å². The second-order valence-corrected chi connectivity index (χ2v) is 11.2. The van der Waals surface area contributed by atoms with Crippen LogP contribution < -0.4 is 10.9 Å². The van der Waals surface area contributed by atoms with Crippen LogP contribution in [-0.2, 0) is 13.0 Å². The molecule has 3 aromatic rings. The lowest BCUT2D eigenvalue weighted by Crippen LogP contribution is -2.49. The number of hydrogen-bond donors (Lipinski definition) is 1. The topological polar surface area (TPSA) is 100 Å². The fourth-order valence-corrected chi connectivity index (χ4v) is 6.64. The fourth-order valence-electron chi connectivity index (χ4n) is 6.09. The second kappa shape index (κ2) is 10.1. The summed E-state index contributed by atoms with van der Waals surface area (Å²) in [6.07, 6.45) is 3.91. The van der Waals surface area contributed by atoms with Crippen LogP contribution in [0.25, 0.3) is 0 Å². The molecule has 0 saturated carbocycles. The van der Waals surface area contributed by atoms with Crippen molar-refractivity contribution in [3.8, 4) is 0 Å². The number of likely N-dealkylation sites (tertiary alicyclic amines) is 2. The summed E-state index contributed by atoms with van der Waals surface area (Å²) >= 11 is 1.04. The van der Waals surface area contributed by atoms with Crippen LogP contribution in [0.5, 0.6) is 0 Å². The van der Waals surface area contributed by atoms with Crippen LogP contribution in [0.15, 0.2) is 53.3 Å². The molecule has 192 valence electrons. The van der Waals surface area contributed by atoms with Gasteiger partial charge in [-0.05, 0) is 49.1 Å². The van der Waals surface area contributed by atoms with Crippen LogP contribution in [0.4, 0.5) is 9.80 Å². The van der Waals surface area contributed by atoms with Gasteiger partial charge in [0.1, 0.15) is 0 Å². The van der Waals surface area contributed by atoms with Crippen molar-refractivity contribution in [2.24, 2.45) is 11.8 Å². The molecule has 0 aliphatic carbocycles. The highest BCUT2D eigenvalue weighted by atomic mass is 32.1. The van der Waals surface area contributed by atoms with Crippen LogP contribution in [0, 0.1) is 11.8 Å². The van der Waals surface area contributed by atoms with Gasteiger partial charge in [0.2, 0.25) is 0 Å². The summed E-state index contributed by atoms with van der Waals surface area (Å²) in [4.78, 5) is 42.4. The first kappa shape index (κ1) is 23.8. The molecule has 10 heteroatoms. The molecule has 0 radical (unpaired) electrons. The summed E-state index contributed by atoms with van der Waals surface area (Å²) < 4.78 is 5.83. The monoisotopic (exact) mass is 518 g/mol. The number of nitrogens with one attached hydrogen (secondary N) is 1. The third kappa shape index (κ3) is 4.90. The number of amides is 3. The summed E-state index contributed by atoms with van der Waals surface area (Å²) in [5.74, 6) is 0.685. The first-order valence-electron chi connectivity index (χ1n) is 13.0. The Morgan fingerprint density at radius 1 is 0.973 bits per heavy atom. The second-order valence-electron chi connectivity index (χ2n) is 10.4. The van der Waals surface area contributed by atoms with Crippen LogP contribution in [0.1, 0.15) is 46.9 Å². The Labute approximate surface area is 219 Å². The van der Waals surface area contributed by atoms with E-state index in [9.17, 15) is 14.4 Å². The van der Waals surface area contributed by atoms with Gasteiger partial charge in [-0.1, -0.05) is 40.9 Å². The zero-order chi connectivity index (χ0) is 25.4. The number of anilines is 1. The number of carbonyl (C=O) groups is 2. The quantitative estimate of drug-likeness (QED) is 0.570. The number of piperidine rings is 2. The molecule has 3 amide bonds. The van der Waals surface area contributed by atoms with Crippen molar-refractivity contribution in [3.63, 3.8) is 0 Å². The summed E-state index contributed by atoms with van der Waals surface area (Å²) in [5, 5.41) is 7.39. The number of aromatic nitrogens is 3. The highest BCUT2D eigenvalue weighted by molar-refractivity contribution is 7.10. The molecule has 0 spiro atoms. The lowest BCUT2D eigenvalue weighted by atomic mass is 9.83. The van der Waals surface area contributed by atoms with Gasteiger partial charge < -0.3 is 14.4 Å². The molecular formula is C27H30N6O3S. The maximum Gasteiger partial charge on any atom is 0.322 e. The number of urea groups is 1. The first-order chi connectivity index (χ1) is 18.0. The molecule has 2 bridgehead atoms. The molecule has 0 unspecified atom stereocenters. The average Bonchev–Trinajstić information content (AvgIpc) is 3.38. The van der Waals surface area contributed by atoms with E-state index in [0.29, 0.717) is 43.6 Å². The van der Waals surface area contributed by atoms with Gasteiger partial charge in [0, 0.05) is 61.9 Å². The normalized spacial score (nSPS) is 21.4. The maximum absolute atomic E-state index is 13.5. The van der Waals surface area contributed by atoms with E-state index in [1.165, 1.54) is 5.56 Å². The van der Waals surface area contributed by atoms with Gasteiger partial charge in [-0.2, -0.15) is 0 Å². The van der Waals surface area contributed by atoms with E-state index in [2.05, 4.69) is 39.2 Å². The number of fused-ring (bicyclic) bond motifs is 4. The summed E-state index contributed by atoms with van der Waals surface area (Å²) in [6, 6.07) is 15.6. The lowest BCUT2D eigenvalue weighted by molar-refractivity contribution is 0.0589. The Bertz CT molecular complexity index is 1350. The van der Waals surface area contributed by atoms with Crippen molar-refractivity contribution in [1.29, 1.82) is 0 Å². The highest BCUT2D eigenvalue weighted by Gasteiger charge is 2.38. The smallest absolute Gasteiger partial charge is 0.322 e. The van der Waals surface area contributed by atoms with E-state index < -0.39 is 0 Å². The molecule has 9 nitrogen and oxygen atoms in total. The van der Waals surface area contributed by atoms with Gasteiger partial charge in [-0.25, -0.2) is 4.79 Å². The summed E-state index contributed by atoms with van der Waals surface area (Å²) in [7, 11) is 0. The third-order valence-electron chi connectivity index (χ3n) is 7.95. The molecule has 2 fully saturated rings. The molecule has 2 aromatic heterocycles. The standard InChI is InChI=1S/C27H30N6O3S/c34-23-8-4-7-22-21-14-20(16-33(22)23)15-32(17-21)26(35)24-25(37-30-29-24)28-27(36)31-11-9-19(10-12-31)13-18-5-2-1-3-6-18/h1-8,19-21H,9-17H2,(H,28,36)/t20-,21-/m0/s1. The highest BCUT2D eigenvalue weighted by Crippen LogP contribution is 2.36. The van der Waals surface area contributed by atoms with Crippen LogP contribution in [0.2, 0.25) is 0 Å². The number of rotatable bonds is 4. The van der Waals surface area contributed by atoms with E-state index in [-0.39, 0.29) is 35.0 Å². The molecular weight excluding hydrogens is 488 g/mol. The third-order valence-corrected chi connectivity index (χ3v) is 8.59. The van der Waals surface area contributed by atoms with Crippen molar-refractivity contribution in [3.05, 3.63) is 75.8 Å². The number of carbonyl (C=O) groups excluding carboxylic acids is 2. The number of hydrogen-bond acceptors (Lipinski definition) is 6. The van der Waals surface area contributed by atoms with Gasteiger partial charge in [-0.15, -0.1) is 5.10 Å². The van der Waals surface area contributed by atoms with E-state index in [1.807, 2.05) is 21.6 Å². The van der Waals surface area contributed by atoms with E-state index >= 15 is 0 Å². The van der Waals surface area contributed by atoms with Gasteiger partial charge in [-0.3, -0.25) is 14.9 Å². The Morgan fingerprint density at radius 3 is 2.59 bits per heavy atom. The molecule has 3 aliphatic heterocycles. The zero-order valence-corrected chi connectivity index (χ0v) is 21.4. The SMILES string of the molecule is O=C(Nc1snnc1C(=O)N1C[C@@H]2C[C@@H](C1)c1cccc(=O)n1C2)N1CCC(Cc2ccccc2)CC1. The molecule has 37 heavy (non-hydrogen) atoms. The van der Waals surface area contributed by atoms with Crippen LogP contribution in [0.3, 0.4) is 0 Å². The van der Waals surface area contributed by atoms with E-state index in [1.54, 1.807) is 17.0 Å². The fraction of sp³-hybridized carbons (Fsp3) is 0.444. The Hall–Kier alpha value is -3.53. The summed E-state index contributed by atoms with van der Waals surface area (Å²) in [5.41, 5.74) is 2.54. The van der Waals surface area contributed by atoms with Crippen molar-refractivity contribution >= 4 is 28.5 Å². The average molecular weight is 519 g/mol. The van der Waals surface area contributed by atoms with Crippen molar-refractivity contribution in [1.82, 2.24) is 24.0 Å². The molecule has 1 N–H and O–H groups in total. The molecule has 3 aliphatic rings. The van der Waals surface area contributed by atoms with Crippen LogP contribution >= 0.6 is 11.5 Å². The van der Waals surface area contributed by atoms with Gasteiger partial charge in [0.15, 0.2) is 10.7 Å². The lowest BCUT2D eigenvalue weighted by Gasteiger charge is -2.42. The number of benzene rings is 1. The van der Waals surface area contributed by atoms with Crippen LogP contribution in [-0.4, -0.2) is 62.1 Å². The van der Waals surface area contributed by atoms with E-state index in [0.717, 1.165) is 42.9 Å². The molecule has 2 saturated heterocycles. The summed E-state index contributed by atoms with van der Waals surface area (Å²) in [6.45, 7) is 3.09. The molecule has 5 heterocycles. The molecule has 6 rings (SSSR count). The minimum absolute atomic E-state index is 0.0183. The van der Waals surface area contributed by atoms with Gasteiger partial charge in [0.05, 0.1) is 0 Å². The first-order valence-corrected chi connectivity index (χ1v) is 13.7. The number of nitrogens with zero attached hydrogens (tertiary/aromatic N) is 5. The Morgan fingerprint density at radius 2 is 1.78 bits per heavy atom. The largest absolute Gasteiger partial charge is 0.336 e. The predicted octanol–water partition coefficient (Wildman–Crippen LogP) is 3.45. The van der Waals surface area contributed by atoms with Gasteiger partial charge in [0.25, 0.3) is 11.5 Å². The minimum atomic E-state index is -0.216. The minimum Gasteiger partial charge on any atom is -0.336 e. The van der Waals surface area contributed by atoms with E-state index in [4.69, 9.17) is 0 Å². The van der Waals surface area contributed by atoms with Crippen molar-refractivity contribution in [2.45, 2.75) is 38.1 Å². The Balaban J connectivity index is 1.08. The Kier molecular flexibility index (Phi) is 6.50. The van der Waals surface area contributed by atoms with Gasteiger partial charge >= 0.3 is 6.03 Å². The predicted molar refractivity (Wildman–Crippen MR) is 141 cm³/mol.